The Balaban J connectivity index is 1.48. The van der Waals surface area contributed by atoms with Crippen molar-refractivity contribution in [3.05, 3.63) is 29.0 Å². The molecule has 0 bridgehead atoms. The molecule has 1 aromatic heterocycles. The van der Waals surface area contributed by atoms with Gasteiger partial charge in [-0.1, -0.05) is 13.8 Å². The minimum atomic E-state index is -3.61. The molecular formula is C23H34N4O3S. The Morgan fingerprint density at radius 2 is 1.84 bits per heavy atom. The zero-order valence-electron chi connectivity index (χ0n) is 19.0. The summed E-state index contributed by atoms with van der Waals surface area (Å²) in [6.45, 7) is 11.5. The van der Waals surface area contributed by atoms with Crippen molar-refractivity contribution in [2.24, 2.45) is 5.41 Å². The molecule has 0 saturated carbocycles. The van der Waals surface area contributed by atoms with Crippen LogP contribution in [0, 0.1) is 12.3 Å². The summed E-state index contributed by atoms with van der Waals surface area (Å²) < 4.78 is 28.7. The number of aromatic amines is 1. The molecule has 4 rings (SSSR count). The number of piperazine rings is 1. The standard InChI is InChI=1S/C23H34N4O3S/c1-16-12-17-18(25-19-14-23(2,3)15-20(28)22(17)19)13-21(16)31(29,30)24-6-5-7-27-10-8-26(4)9-11-27/h12-13,24-25H,5-11,14-15H2,1-4H3. The van der Waals surface area contributed by atoms with Crippen molar-refractivity contribution in [2.75, 3.05) is 46.3 Å². The molecule has 2 heterocycles. The van der Waals surface area contributed by atoms with Crippen molar-refractivity contribution >= 4 is 26.7 Å². The van der Waals surface area contributed by atoms with Crippen LogP contribution in [-0.4, -0.2) is 75.3 Å². The molecule has 1 fully saturated rings. The van der Waals surface area contributed by atoms with E-state index in [1.165, 1.54) is 0 Å². The number of sulfonamides is 1. The molecule has 0 atom stereocenters. The summed E-state index contributed by atoms with van der Waals surface area (Å²) in [5.74, 6) is 0.134. The first-order chi connectivity index (χ1) is 14.6. The molecule has 1 aliphatic heterocycles. The highest BCUT2D eigenvalue weighted by atomic mass is 32.2. The summed E-state index contributed by atoms with van der Waals surface area (Å²) in [4.78, 5) is 21.0. The van der Waals surface area contributed by atoms with E-state index in [-0.39, 0.29) is 16.1 Å². The molecule has 170 valence electrons. The fourth-order valence-corrected chi connectivity index (χ4v) is 6.17. The largest absolute Gasteiger partial charge is 0.358 e. The molecule has 8 heteroatoms. The number of nitrogens with one attached hydrogen (secondary N) is 2. The van der Waals surface area contributed by atoms with E-state index in [0.717, 1.165) is 67.7 Å². The van der Waals surface area contributed by atoms with E-state index in [4.69, 9.17) is 0 Å². The average molecular weight is 447 g/mol. The number of benzene rings is 1. The zero-order valence-corrected chi connectivity index (χ0v) is 19.9. The van der Waals surface area contributed by atoms with Crippen LogP contribution in [0.15, 0.2) is 17.0 Å². The minimum absolute atomic E-state index is 0.0831. The van der Waals surface area contributed by atoms with Gasteiger partial charge in [0.05, 0.1) is 4.90 Å². The molecule has 2 aromatic rings. The summed E-state index contributed by atoms with van der Waals surface area (Å²) in [6.07, 6.45) is 2.08. The summed E-state index contributed by atoms with van der Waals surface area (Å²) in [5.41, 5.74) is 2.96. The molecule has 0 spiro atoms. The summed E-state index contributed by atoms with van der Waals surface area (Å²) >= 11 is 0. The minimum Gasteiger partial charge on any atom is -0.358 e. The van der Waals surface area contributed by atoms with Gasteiger partial charge >= 0.3 is 0 Å². The topological polar surface area (TPSA) is 85.5 Å². The third kappa shape index (κ3) is 4.72. The lowest BCUT2D eigenvalue weighted by molar-refractivity contribution is 0.0913. The maximum atomic E-state index is 13.0. The van der Waals surface area contributed by atoms with Gasteiger partial charge in [0.25, 0.3) is 0 Å². The van der Waals surface area contributed by atoms with Gasteiger partial charge in [0, 0.05) is 61.3 Å². The molecule has 0 radical (unpaired) electrons. The first kappa shape index (κ1) is 22.5. The smallest absolute Gasteiger partial charge is 0.240 e. The van der Waals surface area contributed by atoms with Crippen LogP contribution in [0.25, 0.3) is 10.9 Å². The van der Waals surface area contributed by atoms with E-state index >= 15 is 0 Å². The maximum absolute atomic E-state index is 13.0. The second kappa shape index (κ2) is 8.31. The van der Waals surface area contributed by atoms with Crippen molar-refractivity contribution < 1.29 is 13.2 Å². The lowest BCUT2D eigenvalue weighted by Crippen LogP contribution is -2.45. The van der Waals surface area contributed by atoms with Crippen molar-refractivity contribution in [2.45, 2.75) is 44.9 Å². The number of likely N-dealkylation sites (N-methyl/N-ethyl adjacent to an activating group) is 1. The second-order valence-corrected chi connectivity index (χ2v) is 11.7. The number of ketones is 1. The molecule has 7 nitrogen and oxygen atoms in total. The van der Waals surface area contributed by atoms with Crippen molar-refractivity contribution in [1.29, 1.82) is 0 Å². The first-order valence-electron chi connectivity index (χ1n) is 11.1. The Hall–Kier alpha value is -1.74. The highest BCUT2D eigenvalue weighted by Gasteiger charge is 2.34. The Morgan fingerprint density at radius 1 is 1.13 bits per heavy atom. The molecule has 1 saturated heterocycles. The summed E-state index contributed by atoms with van der Waals surface area (Å²) in [7, 11) is -1.49. The van der Waals surface area contributed by atoms with Crippen LogP contribution in [0.1, 0.15) is 48.3 Å². The average Bonchev–Trinajstić information content (AvgIpc) is 3.01. The molecule has 1 aromatic carbocycles. The van der Waals surface area contributed by atoms with Crippen LogP contribution in [0.5, 0.6) is 0 Å². The van der Waals surface area contributed by atoms with E-state index < -0.39 is 10.0 Å². The van der Waals surface area contributed by atoms with Gasteiger partial charge in [0.15, 0.2) is 5.78 Å². The predicted octanol–water partition coefficient (Wildman–Crippen LogP) is 2.55. The van der Waals surface area contributed by atoms with E-state index in [9.17, 15) is 13.2 Å². The van der Waals surface area contributed by atoms with Gasteiger partial charge < -0.3 is 14.8 Å². The number of aryl methyl sites for hydroxylation is 1. The van der Waals surface area contributed by atoms with Crippen LogP contribution in [0.3, 0.4) is 0 Å². The van der Waals surface area contributed by atoms with Gasteiger partial charge in [-0.15, -0.1) is 0 Å². The van der Waals surface area contributed by atoms with Gasteiger partial charge in [-0.25, -0.2) is 13.1 Å². The number of hydrogen-bond acceptors (Lipinski definition) is 5. The molecule has 0 amide bonds. The van der Waals surface area contributed by atoms with Crippen LogP contribution in [0.2, 0.25) is 0 Å². The first-order valence-corrected chi connectivity index (χ1v) is 12.6. The SMILES string of the molecule is Cc1cc2c3c([nH]c2cc1S(=O)(=O)NCCCN1CCN(C)CC1)CC(C)(C)CC3=O. The predicted molar refractivity (Wildman–Crippen MR) is 123 cm³/mol. The van der Waals surface area contributed by atoms with Crippen LogP contribution in [-0.2, 0) is 16.4 Å². The van der Waals surface area contributed by atoms with Gasteiger partial charge in [0.2, 0.25) is 10.0 Å². The number of Topliss-reactive ketones (excluding diaryl/α,β-unsaturated/α-hetero) is 1. The van der Waals surface area contributed by atoms with Crippen LogP contribution >= 0.6 is 0 Å². The van der Waals surface area contributed by atoms with E-state index in [1.54, 1.807) is 13.0 Å². The highest BCUT2D eigenvalue weighted by molar-refractivity contribution is 7.89. The zero-order chi connectivity index (χ0) is 22.4. The summed E-state index contributed by atoms with van der Waals surface area (Å²) in [5, 5.41) is 0.835. The Kier molecular flexibility index (Phi) is 6.02. The maximum Gasteiger partial charge on any atom is 0.240 e. The van der Waals surface area contributed by atoms with Crippen molar-refractivity contribution in [1.82, 2.24) is 19.5 Å². The van der Waals surface area contributed by atoms with Gasteiger partial charge in [-0.2, -0.15) is 0 Å². The van der Waals surface area contributed by atoms with E-state index in [1.807, 2.05) is 6.07 Å². The number of fused-ring (bicyclic) bond motifs is 3. The number of rotatable bonds is 6. The number of hydrogen-bond donors (Lipinski definition) is 2. The highest BCUT2D eigenvalue weighted by Crippen LogP contribution is 2.38. The quantitative estimate of drug-likeness (QED) is 0.666. The third-order valence-corrected chi connectivity index (χ3v) is 8.18. The van der Waals surface area contributed by atoms with E-state index in [0.29, 0.717) is 18.5 Å². The monoisotopic (exact) mass is 446 g/mol. The van der Waals surface area contributed by atoms with Crippen LogP contribution in [0.4, 0.5) is 0 Å². The molecular weight excluding hydrogens is 412 g/mol. The lowest BCUT2D eigenvalue weighted by atomic mass is 9.76. The Labute approximate surface area is 185 Å². The van der Waals surface area contributed by atoms with Gasteiger partial charge in [-0.3, -0.25) is 4.79 Å². The molecule has 1 aliphatic carbocycles. The van der Waals surface area contributed by atoms with Gasteiger partial charge in [0.1, 0.15) is 0 Å². The summed E-state index contributed by atoms with van der Waals surface area (Å²) in [6, 6.07) is 3.53. The molecule has 2 N–H and O–H groups in total. The third-order valence-electron chi connectivity index (χ3n) is 6.57. The Morgan fingerprint density at radius 3 is 2.55 bits per heavy atom. The van der Waals surface area contributed by atoms with Gasteiger partial charge in [-0.05, 0) is 56.5 Å². The molecule has 2 aliphatic rings. The number of H-pyrrole nitrogens is 1. The Bertz CT molecular complexity index is 1100. The van der Waals surface area contributed by atoms with Crippen LogP contribution < -0.4 is 4.72 Å². The lowest BCUT2D eigenvalue weighted by Gasteiger charge is -2.32. The number of carbonyl (C=O) groups is 1. The fraction of sp³-hybridized carbons (Fsp3) is 0.609. The fourth-order valence-electron chi connectivity index (χ4n) is 4.85. The normalized spacial score (nSPS) is 20.3. The number of aromatic nitrogens is 1. The van der Waals surface area contributed by atoms with E-state index in [2.05, 4.69) is 40.4 Å². The van der Waals surface area contributed by atoms with Crippen molar-refractivity contribution in [3.63, 3.8) is 0 Å². The molecule has 0 unspecified atom stereocenters. The number of carbonyl (C=O) groups excluding carboxylic acids is 1. The molecule has 31 heavy (non-hydrogen) atoms. The second-order valence-electron chi connectivity index (χ2n) is 9.98. The number of nitrogens with zero attached hydrogens (tertiary/aromatic N) is 2. The van der Waals surface area contributed by atoms with Crippen molar-refractivity contribution in [3.8, 4) is 0 Å².